The number of nitrogens with zero attached hydrogens (tertiary/aromatic N) is 7. The lowest BCUT2D eigenvalue weighted by Crippen LogP contribution is -2.01. The fraction of sp³-hybridized carbons (Fsp3) is 0. The summed E-state index contributed by atoms with van der Waals surface area (Å²) in [5, 5.41) is 6.97. The average molecular weight is 748 g/mol. The predicted octanol–water partition coefficient (Wildman–Crippen LogP) is 12.2. The van der Waals surface area contributed by atoms with Crippen LogP contribution in [0.5, 0.6) is 0 Å². The summed E-state index contributed by atoms with van der Waals surface area (Å²) >= 11 is 1.74. The Hall–Kier alpha value is -7.55. The third kappa shape index (κ3) is 4.81. The first kappa shape index (κ1) is 31.8. The molecule has 0 unspecified atom stereocenters. The lowest BCUT2D eigenvalue weighted by atomic mass is 10.0. The fourth-order valence-electron chi connectivity index (χ4n) is 8.51. The summed E-state index contributed by atoms with van der Waals surface area (Å²) in [5.41, 5.74) is 9.42. The van der Waals surface area contributed by atoms with Crippen molar-refractivity contribution in [3.05, 3.63) is 176 Å². The molecule has 57 heavy (non-hydrogen) atoms. The first-order valence-corrected chi connectivity index (χ1v) is 19.7. The predicted molar refractivity (Wildman–Crippen MR) is 233 cm³/mol. The normalized spacial score (nSPS) is 11.9. The van der Waals surface area contributed by atoms with Gasteiger partial charge in [-0.15, -0.1) is 11.3 Å². The summed E-state index contributed by atoms with van der Waals surface area (Å²) in [6.45, 7) is 0. The molecular weight excluding hydrogens is 719 g/mol. The van der Waals surface area contributed by atoms with E-state index in [1.54, 1.807) is 17.7 Å². The van der Waals surface area contributed by atoms with Crippen LogP contribution in [0.1, 0.15) is 0 Å². The van der Waals surface area contributed by atoms with Crippen LogP contribution < -0.4 is 0 Å². The maximum Gasteiger partial charge on any atom is 0.164 e. The summed E-state index contributed by atoms with van der Waals surface area (Å²) in [6, 6.07) is 57.0. The third-order valence-corrected chi connectivity index (χ3v) is 12.0. The molecule has 0 aliphatic carbocycles. The summed E-state index contributed by atoms with van der Waals surface area (Å²) in [7, 11) is 0. The van der Waals surface area contributed by atoms with E-state index in [0.29, 0.717) is 17.5 Å². The largest absolute Gasteiger partial charge is 0.308 e. The topological polar surface area (TPSA) is 74.3 Å². The number of para-hydroxylation sites is 3. The van der Waals surface area contributed by atoms with Gasteiger partial charge in [-0.3, -0.25) is 0 Å². The van der Waals surface area contributed by atoms with Crippen LogP contribution in [0, 0.1) is 0 Å². The molecule has 12 rings (SSSR count). The van der Waals surface area contributed by atoms with E-state index in [1.165, 1.54) is 31.8 Å². The monoisotopic (exact) mass is 747 g/mol. The molecule has 0 atom stereocenters. The van der Waals surface area contributed by atoms with E-state index in [9.17, 15) is 0 Å². The number of thiophene rings is 1. The summed E-state index contributed by atoms with van der Waals surface area (Å²) in [6.07, 6.45) is 3.63. The molecule has 0 radical (unpaired) electrons. The van der Waals surface area contributed by atoms with Crippen LogP contribution in [0.2, 0.25) is 0 Å². The molecule has 5 heterocycles. The van der Waals surface area contributed by atoms with Crippen LogP contribution in [-0.4, -0.2) is 34.1 Å². The minimum absolute atomic E-state index is 0.608. The van der Waals surface area contributed by atoms with Crippen LogP contribution in [0.25, 0.3) is 109 Å². The lowest BCUT2D eigenvalue weighted by molar-refractivity contribution is 1.07. The minimum Gasteiger partial charge on any atom is -0.308 e. The molecule has 266 valence electrons. The number of fused-ring (bicyclic) bond motifs is 12. The molecule has 5 aromatic heterocycles. The molecule has 0 amide bonds. The Bertz CT molecular complexity index is 3460. The first-order chi connectivity index (χ1) is 28.3. The van der Waals surface area contributed by atoms with Gasteiger partial charge in [0, 0.05) is 71.3 Å². The van der Waals surface area contributed by atoms with Crippen molar-refractivity contribution in [2.24, 2.45) is 0 Å². The Morgan fingerprint density at radius 3 is 1.56 bits per heavy atom. The van der Waals surface area contributed by atoms with Gasteiger partial charge < -0.3 is 9.13 Å². The Morgan fingerprint density at radius 1 is 0.421 bits per heavy atom. The highest BCUT2D eigenvalue weighted by Crippen LogP contribution is 2.50. The van der Waals surface area contributed by atoms with Gasteiger partial charge in [0.1, 0.15) is 11.2 Å². The highest BCUT2D eigenvalue weighted by molar-refractivity contribution is 7.26. The number of rotatable bonds is 5. The minimum atomic E-state index is 0.608. The molecule has 12 aromatic rings. The van der Waals surface area contributed by atoms with Gasteiger partial charge in [-0.05, 0) is 36.4 Å². The second kappa shape index (κ2) is 12.5. The molecule has 0 fully saturated rings. The summed E-state index contributed by atoms with van der Waals surface area (Å²) in [4.78, 5) is 25.5. The molecule has 8 heteroatoms. The summed E-state index contributed by atoms with van der Waals surface area (Å²) < 4.78 is 6.05. The molecule has 0 N–H and O–H groups in total. The molecular formula is C49H29N7S. The van der Waals surface area contributed by atoms with Crippen molar-refractivity contribution in [1.29, 1.82) is 0 Å². The van der Waals surface area contributed by atoms with Gasteiger partial charge in [0.25, 0.3) is 0 Å². The van der Waals surface area contributed by atoms with Crippen LogP contribution >= 0.6 is 11.3 Å². The Kier molecular flexibility index (Phi) is 6.96. The maximum absolute atomic E-state index is 5.09. The molecule has 0 aliphatic rings. The molecule has 0 saturated heterocycles. The van der Waals surface area contributed by atoms with Crippen molar-refractivity contribution in [3.63, 3.8) is 0 Å². The zero-order chi connectivity index (χ0) is 37.5. The van der Waals surface area contributed by atoms with Gasteiger partial charge in [0.15, 0.2) is 17.5 Å². The van der Waals surface area contributed by atoms with Crippen LogP contribution in [0.4, 0.5) is 0 Å². The quantitative estimate of drug-likeness (QED) is 0.175. The van der Waals surface area contributed by atoms with E-state index in [2.05, 4.69) is 117 Å². The van der Waals surface area contributed by atoms with Crippen LogP contribution in [0.3, 0.4) is 0 Å². The molecule has 0 aliphatic heterocycles. The number of hydrogen-bond donors (Lipinski definition) is 0. The SMILES string of the molecule is c1ccc(-c2nc(-c3ccccc3)nc(-c3cccc(-n4c5ccccc5c5c6c(c7ccccc7n6-c6ccccc6)c6sc7ncncc7c6c54)c3)n2)cc1. The second-order valence-electron chi connectivity index (χ2n) is 14.1. The van der Waals surface area contributed by atoms with Crippen molar-refractivity contribution >= 4 is 75.3 Å². The van der Waals surface area contributed by atoms with Crippen molar-refractivity contribution in [1.82, 2.24) is 34.1 Å². The number of hydrogen-bond acceptors (Lipinski definition) is 6. The molecule has 0 saturated carbocycles. The van der Waals surface area contributed by atoms with Crippen molar-refractivity contribution in [2.45, 2.75) is 0 Å². The smallest absolute Gasteiger partial charge is 0.164 e. The van der Waals surface area contributed by atoms with E-state index in [1.807, 2.05) is 66.9 Å². The molecule has 0 spiro atoms. The highest BCUT2D eigenvalue weighted by atomic mass is 32.1. The Balaban J connectivity index is 1.22. The Labute approximate surface area is 329 Å². The van der Waals surface area contributed by atoms with Gasteiger partial charge in [0.05, 0.1) is 22.1 Å². The zero-order valence-corrected chi connectivity index (χ0v) is 31.1. The van der Waals surface area contributed by atoms with Crippen molar-refractivity contribution in [3.8, 4) is 45.5 Å². The van der Waals surface area contributed by atoms with Gasteiger partial charge in [0.2, 0.25) is 0 Å². The van der Waals surface area contributed by atoms with E-state index in [4.69, 9.17) is 19.9 Å². The third-order valence-electron chi connectivity index (χ3n) is 10.9. The van der Waals surface area contributed by atoms with Gasteiger partial charge in [-0.2, -0.15) is 0 Å². The van der Waals surface area contributed by atoms with Crippen molar-refractivity contribution in [2.75, 3.05) is 0 Å². The van der Waals surface area contributed by atoms with Gasteiger partial charge in [-0.25, -0.2) is 24.9 Å². The molecule has 7 nitrogen and oxygen atoms in total. The molecule has 0 bridgehead atoms. The van der Waals surface area contributed by atoms with Crippen LogP contribution in [-0.2, 0) is 0 Å². The van der Waals surface area contributed by atoms with Gasteiger partial charge in [-0.1, -0.05) is 127 Å². The van der Waals surface area contributed by atoms with E-state index >= 15 is 0 Å². The maximum atomic E-state index is 5.09. The van der Waals surface area contributed by atoms with Crippen molar-refractivity contribution < 1.29 is 0 Å². The fourth-order valence-corrected chi connectivity index (χ4v) is 9.69. The van der Waals surface area contributed by atoms with E-state index in [-0.39, 0.29) is 0 Å². The zero-order valence-electron chi connectivity index (χ0n) is 30.3. The summed E-state index contributed by atoms with van der Waals surface area (Å²) in [5.74, 6) is 1.87. The standard InChI is InChI=1S/C49H29N7S/c1-4-15-30(16-5-1)46-52-47(31-17-6-2-7-18-31)54-48(53-46)32-19-14-22-34(27-32)56-38-25-12-10-23-35(38)40-43-41(45-42(44(40)56)37-28-50-29-51-49(37)57-45)36-24-11-13-26-39(36)55(43)33-20-8-3-9-21-33/h1-29H. The van der Waals surface area contributed by atoms with Gasteiger partial charge >= 0.3 is 0 Å². The lowest BCUT2D eigenvalue weighted by Gasteiger charge is -2.13. The van der Waals surface area contributed by atoms with E-state index in [0.717, 1.165) is 60.2 Å². The molecule has 7 aromatic carbocycles. The van der Waals surface area contributed by atoms with Crippen LogP contribution in [0.15, 0.2) is 176 Å². The Morgan fingerprint density at radius 2 is 0.912 bits per heavy atom. The highest BCUT2D eigenvalue weighted by Gasteiger charge is 2.27. The number of benzene rings is 7. The second-order valence-corrected chi connectivity index (χ2v) is 15.1. The first-order valence-electron chi connectivity index (χ1n) is 18.8. The average Bonchev–Trinajstić information content (AvgIpc) is 3.95. The van der Waals surface area contributed by atoms with E-state index < -0.39 is 0 Å². The number of aromatic nitrogens is 7.